The van der Waals surface area contributed by atoms with Crippen LogP contribution in [0.4, 0.5) is 13.2 Å². The zero-order valence-corrected chi connectivity index (χ0v) is 12.0. The second-order valence-electron chi connectivity index (χ2n) is 5.55. The van der Waals surface area contributed by atoms with E-state index in [1.54, 1.807) is 22.8 Å². The summed E-state index contributed by atoms with van der Waals surface area (Å²) in [6.45, 7) is 2.62. The predicted molar refractivity (Wildman–Crippen MR) is 70.5 cm³/mol. The third-order valence-corrected chi connectivity index (χ3v) is 3.66. The Balaban J connectivity index is 1.87. The van der Waals surface area contributed by atoms with Crippen LogP contribution in [0.5, 0.6) is 0 Å². The number of hydrogen-bond donors (Lipinski definition) is 1. The van der Waals surface area contributed by atoms with Crippen molar-refractivity contribution in [3.8, 4) is 0 Å². The first-order valence-corrected chi connectivity index (χ1v) is 6.79. The number of hydrogen-bond acceptors (Lipinski definition) is 3. The summed E-state index contributed by atoms with van der Waals surface area (Å²) in [5.74, 6) is -3.16. The summed E-state index contributed by atoms with van der Waals surface area (Å²) in [6, 6.07) is 0. The van der Waals surface area contributed by atoms with E-state index in [4.69, 9.17) is 0 Å². The van der Waals surface area contributed by atoms with Gasteiger partial charge >= 0.3 is 6.18 Å². The monoisotopic (exact) mass is 304 g/mol. The van der Waals surface area contributed by atoms with Crippen molar-refractivity contribution < 1.29 is 18.0 Å². The highest BCUT2D eigenvalue weighted by Crippen LogP contribution is 2.37. The maximum atomic E-state index is 12.9. The molecule has 1 saturated heterocycles. The molecule has 1 aliphatic heterocycles. The molecule has 1 aliphatic rings. The molecule has 2 rings (SSSR count). The molecule has 0 spiro atoms. The van der Waals surface area contributed by atoms with Gasteiger partial charge in [-0.15, -0.1) is 0 Å². The van der Waals surface area contributed by atoms with Crippen molar-refractivity contribution >= 4 is 5.91 Å². The van der Waals surface area contributed by atoms with E-state index in [1.165, 1.54) is 0 Å². The Morgan fingerprint density at radius 1 is 1.48 bits per heavy atom. The number of carbonyl (C=O) groups excluding carboxylic acids is 1. The molecular formula is C13H19F3N4O. The van der Waals surface area contributed by atoms with Crippen molar-refractivity contribution in [3.63, 3.8) is 0 Å². The molecule has 1 fully saturated rings. The first-order valence-electron chi connectivity index (χ1n) is 6.79. The first-order chi connectivity index (χ1) is 9.77. The van der Waals surface area contributed by atoms with Crippen LogP contribution < -0.4 is 5.32 Å². The molecule has 21 heavy (non-hydrogen) atoms. The number of halogens is 3. The Morgan fingerprint density at radius 3 is 2.76 bits per heavy atom. The number of nitrogens with zero attached hydrogens (tertiary/aromatic N) is 3. The SMILES string of the molecule is Cc1cnn(CCNC(=O)[C@@H]2CN(C)C[C@H]2C(F)(F)F)c1. The molecule has 2 heterocycles. The summed E-state index contributed by atoms with van der Waals surface area (Å²) in [5.41, 5.74) is 0.996. The molecule has 0 aromatic carbocycles. The Morgan fingerprint density at radius 2 is 2.19 bits per heavy atom. The van der Waals surface area contributed by atoms with E-state index in [0.717, 1.165) is 5.56 Å². The average molecular weight is 304 g/mol. The number of carbonyl (C=O) groups is 1. The number of aromatic nitrogens is 2. The van der Waals surface area contributed by atoms with E-state index in [9.17, 15) is 18.0 Å². The lowest BCUT2D eigenvalue weighted by molar-refractivity contribution is -0.183. The molecular weight excluding hydrogens is 285 g/mol. The van der Waals surface area contributed by atoms with Crippen LogP contribution in [0.1, 0.15) is 5.56 Å². The van der Waals surface area contributed by atoms with Gasteiger partial charge in [-0.2, -0.15) is 18.3 Å². The molecule has 0 aliphatic carbocycles. The topological polar surface area (TPSA) is 50.2 Å². The molecule has 0 unspecified atom stereocenters. The zero-order chi connectivity index (χ0) is 15.6. The zero-order valence-electron chi connectivity index (χ0n) is 12.0. The second kappa shape index (κ2) is 6.05. The van der Waals surface area contributed by atoms with Gasteiger partial charge in [0.05, 0.1) is 24.6 Å². The average Bonchev–Trinajstić information content (AvgIpc) is 2.95. The number of aryl methyl sites for hydroxylation is 1. The fourth-order valence-corrected chi connectivity index (χ4v) is 2.61. The van der Waals surface area contributed by atoms with Crippen molar-refractivity contribution in [2.75, 3.05) is 26.7 Å². The first kappa shape index (κ1) is 15.8. The van der Waals surface area contributed by atoms with Crippen LogP contribution in [-0.2, 0) is 11.3 Å². The van der Waals surface area contributed by atoms with Crippen LogP contribution in [-0.4, -0.2) is 53.4 Å². The Hall–Kier alpha value is -1.57. The maximum Gasteiger partial charge on any atom is 0.393 e. The van der Waals surface area contributed by atoms with Crippen LogP contribution in [0.25, 0.3) is 0 Å². The quantitative estimate of drug-likeness (QED) is 0.904. The molecule has 5 nitrogen and oxygen atoms in total. The lowest BCUT2D eigenvalue weighted by Gasteiger charge is -2.20. The number of alkyl halides is 3. The molecule has 1 N–H and O–H groups in total. The molecule has 1 aromatic heterocycles. The normalized spacial score (nSPS) is 23.5. The lowest BCUT2D eigenvalue weighted by Crippen LogP contribution is -2.41. The van der Waals surface area contributed by atoms with E-state index in [-0.39, 0.29) is 19.6 Å². The Labute approximate surface area is 121 Å². The molecule has 0 radical (unpaired) electrons. The third kappa shape index (κ3) is 3.96. The smallest absolute Gasteiger partial charge is 0.354 e. The largest absolute Gasteiger partial charge is 0.393 e. The molecule has 0 saturated carbocycles. The number of amides is 1. The van der Waals surface area contributed by atoms with E-state index < -0.39 is 23.9 Å². The van der Waals surface area contributed by atoms with E-state index in [1.807, 2.05) is 13.1 Å². The van der Waals surface area contributed by atoms with Crippen molar-refractivity contribution in [1.82, 2.24) is 20.0 Å². The van der Waals surface area contributed by atoms with Crippen LogP contribution in [0.15, 0.2) is 12.4 Å². The van der Waals surface area contributed by atoms with Gasteiger partial charge in [0.1, 0.15) is 0 Å². The summed E-state index contributed by atoms with van der Waals surface area (Å²) < 4.78 is 40.4. The van der Waals surface area contributed by atoms with Crippen molar-refractivity contribution in [2.45, 2.75) is 19.6 Å². The fourth-order valence-electron chi connectivity index (χ4n) is 2.61. The Bertz CT molecular complexity index is 500. The van der Waals surface area contributed by atoms with Gasteiger partial charge in [-0.05, 0) is 19.5 Å². The highest BCUT2D eigenvalue weighted by atomic mass is 19.4. The molecule has 1 aromatic rings. The van der Waals surface area contributed by atoms with Crippen LogP contribution in [0.3, 0.4) is 0 Å². The van der Waals surface area contributed by atoms with E-state index >= 15 is 0 Å². The van der Waals surface area contributed by atoms with Crippen molar-refractivity contribution in [1.29, 1.82) is 0 Å². The second-order valence-corrected chi connectivity index (χ2v) is 5.55. The van der Waals surface area contributed by atoms with E-state index in [0.29, 0.717) is 6.54 Å². The summed E-state index contributed by atoms with van der Waals surface area (Å²) in [7, 11) is 1.60. The number of rotatable bonds is 4. The van der Waals surface area contributed by atoms with Gasteiger partial charge in [0.2, 0.25) is 5.91 Å². The summed E-state index contributed by atoms with van der Waals surface area (Å²) in [5, 5.41) is 6.63. The summed E-state index contributed by atoms with van der Waals surface area (Å²) in [6.07, 6.45) is -0.840. The minimum absolute atomic E-state index is 0.125. The maximum absolute atomic E-state index is 12.9. The van der Waals surface area contributed by atoms with Gasteiger partial charge in [0.25, 0.3) is 0 Å². The number of likely N-dealkylation sites (tertiary alicyclic amines) is 1. The van der Waals surface area contributed by atoms with Crippen molar-refractivity contribution in [2.24, 2.45) is 11.8 Å². The van der Waals surface area contributed by atoms with Crippen LogP contribution in [0, 0.1) is 18.8 Å². The van der Waals surface area contributed by atoms with E-state index in [2.05, 4.69) is 10.4 Å². The van der Waals surface area contributed by atoms with Gasteiger partial charge in [0.15, 0.2) is 0 Å². The van der Waals surface area contributed by atoms with Gasteiger partial charge in [-0.1, -0.05) is 0 Å². The van der Waals surface area contributed by atoms with Gasteiger partial charge in [-0.3, -0.25) is 9.48 Å². The fraction of sp³-hybridized carbons (Fsp3) is 0.692. The predicted octanol–water partition coefficient (Wildman–Crippen LogP) is 1.05. The molecule has 2 atom stereocenters. The third-order valence-electron chi connectivity index (χ3n) is 3.66. The highest BCUT2D eigenvalue weighted by Gasteiger charge is 2.51. The lowest BCUT2D eigenvalue weighted by atomic mass is 9.94. The Kier molecular flexibility index (Phi) is 4.55. The van der Waals surface area contributed by atoms with Crippen molar-refractivity contribution in [3.05, 3.63) is 18.0 Å². The van der Waals surface area contributed by atoms with Gasteiger partial charge in [0, 0.05) is 25.8 Å². The summed E-state index contributed by atoms with van der Waals surface area (Å²) in [4.78, 5) is 13.5. The van der Waals surface area contributed by atoms with Crippen LogP contribution >= 0.6 is 0 Å². The standard InChI is InChI=1S/C13H19F3N4O/c1-9-5-18-20(6-9)4-3-17-12(21)10-7-19(2)8-11(10)13(14,15)16/h5-6,10-11H,3-4,7-8H2,1-2H3,(H,17,21)/t10-,11-/m1/s1. The number of nitrogens with one attached hydrogen (secondary N) is 1. The van der Waals surface area contributed by atoms with Gasteiger partial charge in [-0.25, -0.2) is 0 Å². The molecule has 8 heteroatoms. The highest BCUT2D eigenvalue weighted by molar-refractivity contribution is 5.79. The minimum Gasteiger partial charge on any atom is -0.354 e. The molecule has 1 amide bonds. The molecule has 0 bridgehead atoms. The molecule has 118 valence electrons. The van der Waals surface area contributed by atoms with Gasteiger partial charge < -0.3 is 10.2 Å². The van der Waals surface area contributed by atoms with Crippen LogP contribution in [0.2, 0.25) is 0 Å². The minimum atomic E-state index is -4.34. The summed E-state index contributed by atoms with van der Waals surface area (Å²) >= 11 is 0.